The van der Waals surface area contributed by atoms with Crippen molar-refractivity contribution in [3.8, 4) is 0 Å². The maximum atomic E-state index is 12.3. The molecule has 0 aliphatic carbocycles. The largest absolute Gasteiger partial charge is 0.378 e. The Bertz CT molecular complexity index is 461. The molecular weight excluding hydrogens is 308 g/mol. The third-order valence-corrected chi connectivity index (χ3v) is 4.56. The number of benzene rings is 1. The third kappa shape index (κ3) is 4.61. The van der Waals surface area contributed by atoms with Crippen LogP contribution in [0.2, 0.25) is 5.02 Å². The first-order valence-electron chi connectivity index (χ1n) is 7.05. The molecule has 1 aromatic rings. The topological polar surface area (TPSA) is 43.8 Å². The molecule has 1 N–H and O–H groups in total. The maximum Gasteiger partial charge on any atom is 0.256 e. The van der Waals surface area contributed by atoms with Gasteiger partial charge >= 0.3 is 0 Å². The van der Waals surface area contributed by atoms with Gasteiger partial charge in [-0.1, -0.05) is 23.7 Å². The van der Waals surface area contributed by atoms with Crippen molar-refractivity contribution in [3.63, 3.8) is 0 Å². The Kier molecular flexibility index (Phi) is 6.36. The molecule has 2 rings (SSSR count). The van der Waals surface area contributed by atoms with Crippen molar-refractivity contribution in [2.45, 2.75) is 6.10 Å². The average molecular weight is 329 g/mol. The molecule has 21 heavy (non-hydrogen) atoms. The summed E-state index contributed by atoms with van der Waals surface area (Å²) < 4.78 is 0. The Hall–Kier alpha value is -0.750. The third-order valence-electron chi connectivity index (χ3n) is 3.72. The molecule has 1 amide bonds. The number of aliphatic hydroxyl groups excluding tert-OH is 1. The Morgan fingerprint density at radius 1 is 1.29 bits per heavy atom. The fourth-order valence-corrected chi connectivity index (χ4v) is 2.94. The summed E-state index contributed by atoms with van der Waals surface area (Å²) in [6, 6.07) is 6.76. The van der Waals surface area contributed by atoms with Crippen molar-refractivity contribution < 1.29 is 9.90 Å². The minimum atomic E-state index is -1.10. The Morgan fingerprint density at radius 3 is 2.48 bits per heavy atom. The summed E-state index contributed by atoms with van der Waals surface area (Å²) in [6.07, 6.45) is 1.00. The van der Waals surface area contributed by atoms with Crippen molar-refractivity contribution >= 4 is 29.3 Å². The molecule has 1 aliphatic rings. The zero-order chi connectivity index (χ0) is 15.2. The van der Waals surface area contributed by atoms with Crippen LogP contribution in [0.1, 0.15) is 11.7 Å². The minimum absolute atomic E-state index is 0.221. The van der Waals surface area contributed by atoms with Crippen molar-refractivity contribution in [1.82, 2.24) is 9.80 Å². The van der Waals surface area contributed by atoms with Crippen LogP contribution in [0.4, 0.5) is 0 Å². The number of carbonyl (C=O) groups excluding carboxylic acids is 1. The van der Waals surface area contributed by atoms with Gasteiger partial charge < -0.3 is 10.0 Å². The Morgan fingerprint density at radius 2 is 1.90 bits per heavy atom. The van der Waals surface area contributed by atoms with Crippen molar-refractivity contribution in [2.75, 3.05) is 44.7 Å². The van der Waals surface area contributed by atoms with Gasteiger partial charge in [0.25, 0.3) is 5.91 Å². The van der Waals surface area contributed by atoms with Gasteiger partial charge in [0.1, 0.15) is 0 Å². The van der Waals surface area contributed by atoms with Gasteiger partial charge in [-0.2, -0.15) is 11.8 Å². The first kappa shape index (κ1) is 16.6. The molecule has 1 atom stereocenters. The van der Waals surface area contributed by atoms with E-state index < -0.39 is 6.10 Å². The number of carbonyl (C=O) groups is 1. The Labute approximate surface area is 135 Å². The minimum Gasteiger partial charge on any atom is -0.378 e. The van der Waals surface area contributed by atoms with Gasteiger partial charge in [-0.3, -0.25) is 9.69 Å². The van der Waals surface area contributed by atoms with Crippen LogP contribution in [-0.2, 0) is 4.79 Å². The quantitative estimate of drug-likeness (QED) is 0.896. The van der Waals surface area contributed by atoms with E-state index >= 15 is 0 Å². The SMILES string of the molecule is CSCCN1CCN(C(=O)[C@H](O)c2ccc(Cl)cc2)CC1. The molecule has 0 aromatic heterocycles. The number of hydrogen-bond acceptors (Lipinski definition) is 4. The second kappa shape index (κ2) is 8.03. The van der Waals surface area contributed by atoms with Gasteiger partial charge in [-0.25, -0.2) is 0 Å². The smallest absolute Gasteiger partial charge is 0.256 e. The lowest BCUT2D eigenvalue weighted by Crippen LogP contribution is -2.50. The first-order chi connectivity index (χ1) is 10.1. The second-order valence-electron chi connectivity index (χ2n) is 5.11. The summed E-state index contributed by atoms with van der Waals surface area (Å²) in [6.45, 7) is 4.16. The standard InChI is InChI=1S/C15H21ClN2O2S/c1-21-11-10-17-6-8-18(9-7-17)15(20)14(19)12-2-4-13(16)5-3-12/h2-5,14,19H,6-11H2,1H3/t14-/m1/s1. The van der Waals surface area contributed by atoms with Crippen molar-refractivity contribution in [1.29, 1.82) is 0 Å². The lowest BCUT2D eigenvalue weighted by molar-refractivity contribution is -0.142. The lowest BCUT2D eigenvalue weighted by Gasteiger charge is -2.35. The molecule has 1 aliphatic heterocycles. The summed E-state index contributed by atoms with van der Waals surface area (Å²) in [5.41, 5.74) is 0.592. The predicted octanol–water partition coefficient (Wildman–Crippen LogP) is 1.88. The number of rotatable bonds is 5. The monoisotopic (exact) mass is 328 g/mol. The number of thioether (sulfide) groups is 1. The van der Waals surface area contributed by atoms with Crippen LogP contribution in [0, 0.1) is 0 Å². The highest BCUT2D eigenvalue weighted by Crippen LogP contribution is 2.19. The fourth-order valence-electron chi connectivity index (χ4n) is 2.37. The highest BCUT2D eigenvalue weighted by molar-refractivity contribution is 7.98. The summed E-state index contributed by atoms with van der Waals surface area (Å²) in [7, 11) is 0. The van der Waals surface area contributed by atoms with E-state index in [1.807, 2.05) is 11.8 Å². The lowest BCUT2D eigenvalue weighted by atomic mass is 10.1. The van der Waals surface area contributed by atoms with Crippen molar-refractivity contribution in [3.05, 3.63) is 34.9 Å². The molecule has 1 heterocycles. The van der Waals surface area contributed by atoms with Crippen LogP contribution in [-0.4, -0.2) is 65.5 Å². The van der Waals surface area contributed by atoms with Gasteiger partial charge in [-0.15, -0.1) is 0 Å². The van der Waals surface area contributed by atoms with Crippen LogP contribution in [0.25, 0.3) is 0 Å². The number of nitrogens with zero attached hydrogens (tertiary/aromatic N) is 2. The molecule has 0 radical (unpaired) electrons. The van der Waals surface area contributed by atoms with E-state index in [-0.39, 0.29) is 5.91 Å². The normalized spacial score (nSPS) is 17.8. The van der Waals surface area contributed by atoms with Crippen LogP contribution in [0.3, 0.4) is 0 Å². The fraction of sp³-hybridized carbons (Fsp3) is 0.533. The van der Waals surface area contributed by atoms with E-state index in [2.05, 4.69) is 11.2 Å². The van der Waals surface area contributed by atoms with Crippen LogP contribution in [0.15, 0.2) is 24.3 Å². The summed E-state index contributed by atoms with van der Waals surface area (Å²) in [4.78, 5) is 16.4. The zero-order valence-electron chi connectivity index (χ0n) is 12.2. The number of piperazine rings is 1. The van der Waals surface area contributed by atoms with Crippen LogP contribution >= 0.6 is 23.4 Å². The maximum absolute atomic E-state index is 12.3. The molecule has 0 saturated carbocycles. The van der Waals surface area contributed by atoms with Gasteiger partial charge in [0, 0.05) is 43.5 Å². The zero-order valence-corrected chi connectivity index (χ0v) is 13.7. The van der Waals surface area contributed by atoms with Gasteiger partial charge in [0.05, 0.1) is 0 Å². The summed E-state index contributed by atoms with van der Waals surface area (Å²) in [5, 5.41) is 10.8. The van der Waals surface area contributed by atoms with E-state index in [0.29, 0.717) is 23.7 Å². The van der Waals surface area contributed by atoms with E-state index in [0.717, 1.165) is 25.4 Å². The molecule has 6 heteroatoms. The molecule has 0 unspecified atom stereocenters. The summed E-state index contributed by atoms with van der Waals surface area (Å²) in [5.74, 6) is 0.892. The van der Waals surface area contributed by atoms with E-state index in [1.54, 1.807) is 29.2 Å². The molecule has 1 saturated heterocycles. The Balaban J connectivity index is 1.88. The predicted molar refractivity (Wildman–Crippen MR) is 87.8 cm³/mol. The first-order valence-corrected chi connectivity index (χ1v) is 8.82. The molecule has 1 fully saturated rings. The van der Waals surface area contributed by atoms with E-state index in [9.17, 15) is 9.90 Å². The number of aliphatic hydroxyl groups is 1. The van der Waals surface area contributed by atoms with Crippen LogP contribution in [0.5, 0.6) is 0 Å². The van der Waals surface area contributed by atoms with Gasteiger partial charge in [0.2, 0.25) is 0 Å². The molecule has 116 valence electrons. The molecule has 0 spiro atoms. The molecular formula is C15H21ClN2O2S. The molecule has 4 nitrogen and oxygen atoms in total. The highest BCUT2D eigenvalue weighted by atomic mass is 35.5. The van der Waals surface area contributed by atoms with Crippen molar-refractivity contribution in [2.24, 2.45) is 0 Å². The van der Waals surface area contributed by atoms with E-state index in [1.165, 1.54) is 0 Å². The molecule has 1 aromatic carbocycles. The van der Waals surface area contributed by atoms with Gasteiger partial charge in [0.15, 0.2) is 6.10 Å². The molecule has 0 bridgehead atoms. The highest BCUT2D eigenvalue weighted by Gasteiger charge is 2.26. The van der Waals surface area contributed by atoms with Gasteiger partial charge in [-0.05, 0) is 24.0 Å². The van der Waals surface area contributed by atoms with E-state index in [4.69, 9.17) is 11.6 Å². The number of amides is 1. The number of halogens is 1. The van der Waals surface area contributed by atoms with Crippen LogP contribution < -0.4 is 0 Å². The average Bonchev–Trinajstić information content (AvgIpc) is 2.53. The number of hydrogen-bond donors (Lipinski definition) is 1. The summed E-state index contributed by atoms with van der Waals surface area (Å²) >= 11 is 7.65. The second-order valence-corrected chi connectivity index (χ2v) is 6.54.